The molecule has 0 aliphatic carbocycles. The van der Waals surface area contributed by atoms with Crippen LogP contribution in [0.4, 0.5) is 0 Å². The second-order valence-electron chi connectivity index (χ2n) is 5.41. The first-order chi connectivity index (χ1) is 13.0. The second-order valence-corrected chi connectivity index (χ2v) is 8.09. The van der Waals surface area contributed by atoms with Crippen LogP contribution in [0, 0.1) is 0 Å². The lowest BCUT2D eigenvalue weighted by Crippen LogP contribution is -2.17. The number of hydrogen-bond donors (Lipinski definition) is 1. The van der Waals surface area contributed by atoms with Crippen molar-refractivity contribution in [3.05, 3.63) is 88.9 Å². The predicted molar refractivity (Wildman–Crippen MR) is 113 cm³/mol. The third-order valence-corrected chi connectivity index (χ3v) is 5.87. The molecule has 0 bridgehead atoms. The Morgan fingerprint density at radius 3 is 2.59 bits per heavy atom. The van der Waals surface area contributed by atoms with Gasteiger partial charge in [0.25, 0.3) is 5.91 Å². The van der Waals surface area contributed by atoms with E-state index in [2.05, 4.69) is 26.5 Å². The summed E-state index contributed by atoms with van der Waals surface area (Å²) >= 11 is 16.6. The van der Waals surface area contributed by atoms with Gasteiger partial charge >= 0.3 is 4.87 Å². The van der Waals surface area contributed by atoms with Crippen LogP contribution in [0.1, 0.15) is 20.8 Å². The number of benzene rings is 2. The van der Waals surface area contributed by atoms with E-state index in [1.807, 2.05) is 24.3 Å². The van der Waals surface area contributed by atoms with Crippen molar-refractivity contribution in [2.45, 2.75) is 6.54 Å². The lowest BCUT2D eigenvalue weighted by molar-refractivity contribution is 0.0955. The molecule has 1 N–H and O–H groups in total. The molecule has 0 saturated heterocycles. The van der Waals surface area contributed by atoms with E-state index in [9.17, 15) is 9.59 Å². The summed E-state index contributed by atoms with van der Waals surface area (Å²) in [6, 6.07) is 14.2. The number of amides is 1. The van der Waals surface area contributed by atoms with Gasteiger partial charge in [-0.1, -0.05) is 74.7 Å². The maximum atomic E-state index is 12.2. The highest BCUT2D eigenvalue weighted by Crippen LogP contribution is 2.19. The molecule has 0 aliphatic rings. The van der Waals surface area contributed by atoms with Gasteiger partial charge in [-0.25, -0.2) is 5.43 Å². The summed E-state index contributed by atoms with van der Waals surface area (Å²) in [5, 5.41) is 4.47. The van der Waals surface area contributed by atoms with E-state index in [1.54, 1.807) is 24.3 Å². The first-order valence-electron chi connectivity index (χ1n) is 7.67. The van der Waals surface area contributed by atoms with Gasteiger partial charge in [-0.05, 0) is 29.8 Å². The molecule has 0 saturated carbocycles. The zero-order chi connectivity index (χ0) is 19.4. The molecule has 1 amide bonds. The monoisotopic (exact) mass is 483 g/mol. The summed E-state index contributed by atoms with van der Waals surface area (Å²) in [6.45, 7) is 0.348. The Bertz CT molecular complexity index is 1060. The predicted octanol–water partition coefficient (Wildman–Crippen LogP) is 4.79. The molecule has 3 aromatic rings. The van der Waals surface area contributed by atoms with E-state index in [4.69, 9.17) is 23.2 Å². The molecule has 138 valence electrons. The first-order valence-corrected chi connectivity index (χ1v) is 10.0. The number of halogens is 3. The molecule has 0 aliphatic heterocycles. The van der Waals surface area contributed by atoms with Crippen LogP contribution >= 0.6 is 50.5 Å². The van der Waals surface area contributed by atoms with Crippen LogP contribution in [0.5, 0.6) is 0 Å². The summed E-state index contributed by atoms with van der Waals surface area (Å²) in [5.74, 6) is -0.449. The number of hydrogen-bond acceptors (Lipinski definition) is 4. The van der Waals surface area contributed by atoms with Crippen LogP contribution in [0.3, 0.4) is 0 Å². The summed E-state index contributed by atoms with van der Waals surface area (Å²) in [5.41, 5.74) is 3.63. The Hall–Kier alpha value is -1.93. The van der Waals surface area contributed by atoms with Gasteiger partial charge in [0.1, 0.15) is 5.15 Å². The molecule has 27 heavy (non-hydrogen) atoms. The van der Waals surface area contributed by atoms with Gasteiger partial charge in [-0.3, -0.25) is 14.2 Å². The standard InChI is InChI=1S/C18H12BrCl2N3O2S/c19-12-7-5-11(6-8-12)10-24-16(21)15(27-18(24)26)9-22-23-17(25)13-3-1-2-4-14(13)20/h1-9H,10H2,(H,23,25)/b22-9-. The van der Waals surface area contributed by atoms with Crippen molar-refractivity contribution in [1.29, 1.82) is 0 Å². The molecule has 3 rings (SSSR count). The molecule has 2 aromatic carbocycles. The number of carbonyl (C=O) groups excluding carboxylic acids is 1. The molecule has 0 spiro atoms. The van der Waals surface area contributed by atoms with Gasteiger partial charge in [0.2, 0.25) is 0 Å². The van der Waals surface area contributed by atoms with Gasteiger partial charge in [-0.15, -0.1) is 0 Å². The smallest absolute Gasteiger partial charge is 0.284 e. The van der Waals surface area contributed by atoms with Crippen molar-refractivity contribution in [2.24, 2.45) is 5.10 Å². The fourth-order valence-corrected chi connectivity index (χ4v) is 3.84. The lowest BCUT2D eigenvalue weighted by atomic mass is 10.2. The largest absolute Gasteiger partial charge is 0.309 e. The maximum Gasteiger partial charge on any atom is 0.309 e. The third-order valence-electron chi connectivity index (χ3n) is 3.58. The quantitative estimate of drug-likeness (QED) is 0.418. The number of thiazole rings is 1. The molecule has 5 nitrogen and oxygen atoms in total. The zero-order valence-electron chi connectivity index (χ0n) is 13.7. The fraction of sp³-hybridized carbons (Fsp3) is 0.0556. The van der Waals surface area contributed by atoms with Crippen molar-refractivity contribution in [1.82, 2.24) is 9.99 Å². The average molecular weight is 485 g/mol. The first kappa shape index (κ1) is 19.8. The van der Waals surface area contributed by atoms with E-state index < -0.39 is 5.91 Å². The minimum Gasteiger partial charge on any atom is -0.284 e. The fourth-order valence-electron chi connectivity index (χ4n) is 2.25. The number of hydrazone groups is 1. The number of nitrogens with one attached hydrogen (secondary N) is 1. The average Bonchev–Trinajstić information content (AvgIpc) is 2.91. The second kappa shape index (κ2) is 8.84. The van der Waals surface area contributed by atoms with Gasteiger partial charge in [0.05, 0.1) is 28.2 Å². The van der Waals surface area contributed by atoms with Crippen LogP contribution in [0.15, 0.2) is 62.9 Å². The Morgan fingerprint density at radius 2 is 1.89 bits per heavy atom. The number of nitrogens with zero attached hydrogens (tertiary/aromatic N) is 2. The number of carbonyl (C=O) groups is 1. The van der Waals surface area contributed by atoms with Crippen LogP contribution in [0.2, 0.25) is 10.2 Å². The van der Waals surface area contributed by atoms with Crippen LogP contribution in [-0.4, -0.2) is 16.7 Å². The van der Waals surface area contributed by atoms with Gasteiger partial charge in [0.15, 0.2) is 0 Å². The SMILES string of the molecule is O=C(N/N=C\c1sc(=O)n(Cc2ccc(Br)cc2)c1Cl)c1ccccc1Cl. The molecular weight excluding hydrogens is 473 g/mol. The van der Waals surface area contributed by atoms with Crippen LogP contribution in [-0.2, 0) is 6.54 Å². The summed E-state index contributed by atoms with van der Waals surface area (Å²) < 4.78 is 2.41. The van der Waals surface area contributed by atoms with E-state index in [-0.39, 0.29) is 10.0 Å². The van der Waals surface area contributed by atoms with Gasteiger partial charge < -0.3 is 0 Å². The van der Waals surface area contributed by atoms with Crippen molar-refractivity contribution in [3.63, 3.8) is 0 Å². The molecule has 1 heterocycles. The molecule has 1 aromatic heterocycles. The summed E-state index contributed by atoms with van der Waals surface area (Å²) in [6.07, 6.45) is 1.35. The molecule has 0 fully saturated rings. The number of rotatable bonds is 5. The highest BCUT2D eigenvalue weighted by atomic mass is 79.9. The Labute approximate surface area is 177 Å². The minimum absolute atomic E-state index is 0.207. The number of aromatic nitrogens is 1. The summed E-state index contributed by atoms with van der Waals surface area (Å²) in [7, 11) is 0. The molecule has 0 radical (unpaired) electrons. The molecule has 0 atom stereocenters. The van der Waals surface area contributed by atoms with Crippen molar-refractivity contribution < 1.29 is 4.79 Å². The highest BCUT2D eigenvalue weighted by molar-refractivity contribution is 9.10. The molecular formula is C18H12BrCl2N3O2S. The lowest BCUT2D eigenvalue weighted by Gasteiger charge is -2.04. The van der Waals surface area contributed by atoms with E-state index in [0.717, 1.165) is 21.4 Å². The Balaban J connectivity index is 1.73. The normalized spacial score (nSPS) is 11.1. The van der Waals surface area contributed by atoms with Crippen LogP contribution < -0.4 is 10.3 Å². The zero-order valence-corrected chi connectivity index (χ0v) is 17.6. The van der Waals surface area contributed by atoms with Crippen molar-refractivity contribution >= 4 is 62.6 Å². The third kappa shape index (κ3) is 4.87. The maximum absolute atomic E-state index is 12.2. The van der Waals surface area contributed by atoms with E-state index in [0.29, 0.717) is 22.0 Å². The van der Waals surface area contributed by atoms with Gasteiger partial charge in [-0.2, -0.15) is 5.10 Å². The highest BCUT2D eigenvalue weighted by Gasteiger charge is 2.13. The van der Waals surface area contributed by atoms with Gasteiger partial charge in [0, 0.05) is 4.47 Å². The van der Waals surface area contributed by atoms with Crippen molar-refractivity contribution in [3.8, 4) is 0 Å². The molecule has 0 unspecified atom stereocenters. The minimum atomic E-state index is -0.449. The topological polar surface area (TPSA) is 63.5 Å². The Morgan fingerprint density at radius 1 is 1.19 bits per heavy atom. The van der Waals surface area contributed by atoms with E-state index in [1.165, 1.54) is 10.8 Å². The Kier molecular flexibility index (Phi) is 6.49. The van der Waals surface area contributed by atoms with E-state index >= 15 is 0 Å². The van der Waals surface area contributed by atoms with Crippen molar-refractivity contribution in [2.75, 3.05) is 0 Å². The van der Waals surface area contributed by atoms with Crippen LogP contribution in [0.25, 0.3) is 0 Å². The summed E-state index contributed by atoms with van der Waals surface area (Å²) in [4.78, 5) is 24.5. The molecule has 9 heteroatoms.